The van der Waals surface area contributed by atoms with Crippen molar-refractivity contribution in [3.05, 3.63) is 77.7 Å². The number of hydrogen-bond donors (Lipinski definition) is 4. The van der Waals surface area contributed by atoms with Crippen molar-refractivity contribution in [3.63, 3.8) is 0 Å². The van der Waals surface area contributed by atoms with E-state index in [2.05, 4.69) is 98.6 Å². The van der Waals surface area contributed by atoms with Gasteiger partial charge < -0.3 is 30.6 Å². The summed E-state index contributed by atoms with van der Waals surface area (Å²) in [6, 6.07) is 7.65. The first-order valence-electron chi connectivity index (χ1n) is 12.9. The van der Waals surface area contributed by atoms with Gasteiger partial charge in [-0.15, -0.1) is 0 Å². The van der Waals surface area contributed by atoms with Crippen molar-refractivity contribution >= 4 is 75.3 Å². The number of allylic oxidation sites excluding steroid dienone is 2. The second-order valence-electron chi connectivity index (χ2n) is 9.10. The van der Waals surface area contributed by atoms with Crippen molar-refractivity contribution in [2.24, 2.45) is 10.9 Å². The van der Waals surface area contributed by atoms with Gasteiger partial charge in [0.15, 0.2) is 0 Å². The van der Waals surface area contributed by atoms with Crippen LogP contribution in [0.15, 0.2) is 71.7 Å². The Morgan fingerprint density at radius 2 is 1.55 bits per heavy atom. The van der Waals surface area contributed by atoms with Gasteiger partial charge in [-0.25, -0.2) is 0 Å². The molecular formula is C28H33Br4N4O4+. The SMILES string of the molecule is NCCCOc1c(Br)cc(CCNC(=O)C(Cc2cc(Br)c(OCCC[NH+]3C=CC=CC3)c(Br)c2)=NO)cc1Br. The molecule has 0 fully saturated rings. The number of nitrogens with one attached hydrogen (secondary N) is 2. The second kappa shape index (κ2) is 17.3. The molecule has 0 saturated heterocycles. The molecule has 3 rings (SSSR count). The van der Waals surface area contributed by atoms with E-state index in [1.54, 1.807) is 0 Å². The van der Waals surface area contributed by atoms with E-state index in [1.165, 1.54) is 4.90 Å². The molecular weight excluding hydrogens is 776 g/mol. The third-order valence-electron chi connectivity index (χ3n) is 6.01. The van der Waals surface area contributed by atoms with Crippen LogP contribution >= 0.6 is 63.7 Å². The van der Waals surface area contributed by atoms with E-state index in [0.717, 1.165) is 60.7 Å². The van der Waals surface area contributed by atoms with Crippen molar-refractivity contribution in [3.8, 4) is 11.5 Å². The summed E-state index contributed by atoms with van der Waals surface area (Å²) in [5.74, 6) is 0.991. The van der Waals surface area contributed by atoms with Crippen LogP contribution in [-0.2, 0) is 17.6 Å². The highest BCUT2D eigenvalue weighted by molar-refractivity contribution is 9.11. The minimum atomic E-state index is -0.431. The molecule has 0 saturated carbocycles. The molecule has 2 aromatic rings. The molecule has 1 atom stereocenters. The van der Waals surface area contributed by atoms with E-state index >= 15 is 0 Å². The molecule has 1 unspecified atom stereocenters. The molecule has 0 bridgehead atoms. The Hall–Kier alpha value is -1.70. The maximum atomic E-state index is 12.7. The number of amides is 1. The molecule has 1 amide bonds. The number of benzene rings is 2. The first-order chi connectivity index (χ1) is 19.3. The fourth-order valence-electron chi connectivity index (χ4n) is 4.00. The largest absolute Gasteiger partial charge is 0.491 e. The molecule has 5 N–H and O–H groups in total. The fraction of sp³-hybridized carbons (Fsp3) is 0.357. The highest BCUT2D eigenvalue weighted by atomic mass is 79.9. The minimum Gasteiger partial charge on any atom is -0.491 e. The monoisotopic (exact) mass is 805 g/mol. The molecule has 0 aromatic heterocycles. The summed E-state index contributed by atoms with van der Waals surface area (Å²) in [4.78, 5) is 14.1. The third-order valence-corrected chi connectivity index (χ3v) is 8.37. The van der Waals surface area contributed by atoms with Crippen molar-refractivity contribution < 1.29 is 24.4 Å². The third kappa shape index (κ3) is 10.3. The van der Waals surface area contributed by atoms with Gasteiger partial charge in [0.2, 0.25) is 0 Å². The van der Waals surface area contributed by atoms with Crippen LogP contribution in [0.4, 0.5) is 0 Å². The standard InChI is InChI=1S/C28H32Br4N4O4/c29-21-14-19(15-22(30)26(21)39-12-4-7-33)6-8-34-28(37)25(35-38)18-20-16-23(31)27(24(32)17-20)40-13-5-11-36-9-2-1-3-10-36/h1-3,9,14-17,38H,4-8,10-13,18,33H2,(H,34,37)/p+1. The van der Waals surface area contributed by atoms with E-state index < -0.39 is 5.91 Å². The zero-order valence-corrected chi connectivity index (χ0v) is 28.2. The van der Waals surface area contributed by atoms with Crippen molar-refractivity contribution in [2.45, 2.75) is 25.7 Å². The zero-order chi connectivity index (χ0) is 28.9. The topological polar surface area (TPSA) is 111 Å². The average molecular weight is 809 g/mol. The van der Waals surface area contributed by atoms with Gasteiger partial charge in [-0.3, -0.25) is 4.79 Å². The molecule has 1 aliphatic rings. The van der Waals surface area contributed by atoms with Gasteiger partial charge in [-0.05, 0) is 131 Å². The maximum absolute atomic E-state index is 12.7. The van der Waals surface area contributed by atoms with Gasteiger partial charge in [0.1, 0.15) is 23.8 Å². The van der Waals surface area contributed by atoms with E-state index in [9.17, 15) is 10.0 Å². The van der Waals surface area contributed by atoms with Crippen molar-refractivity contribution in [2.75, 3.05) is 39.4 Å². The molecule has 0 spiro atoms. The maximum Gasteiger partial charge on any atom is 0.269 e. The Balaban J connectivity index is 1.49. The van der Waals surface area contributed by atoms with Crippen LogP contribution in [-0.4, -0.2) is 56.2 Å². The predicted octanol–water partition coefficient (Wildman–Crippen LogP) is 4.93. The van der Waals surface area contributed by atoms with Gasteiger partial charge in [-0.2, -0.15) is 0 Å². The molecule has 2 aromatic carbocycles. The van der Waals surface area contributed by atoms with Crippen molar-refractivity contribution in [1.29, 1.82) is 0 Å². The van der Waals surface area contributed by atoms with Crippen LogP contribution in [0.25, 0.3) is 0 Å². The van der Waals surface area contributed by atoms with Crippen LogP contribution in [0.5, 0.6) is 11.5 Å². The Labute approximate surface area is 268 Å². The van der Waals surface area contributed by atoms with Gasteiger partial charge in [0.25, 0.3) is 5.91 Å². The van der Waals surface area contributed by atoms with E-state index in [1.807, 2.05) is 24.3 Å². The van der Waals surface area contributed by atoms with Crippen LogP contribution in [0.2, 0.25) is 0 Å². The molecule has 1 aliphatic heterocycles. The summed E-state index contributed by atoms with van der Waals surface area (Å²) < 4.78 is 14.9. The molecule has 216 valence electrons. The Bertz CT molecular complexity index is 1210. The van der Waals surface area contributed by atoms with Crippen LogP contribution < -0.4 is 25.4 Å². The summed E-state index contributed by atoms with van der Waals surface area (Å²) in [5.41, 5.74) is 7.34. The molecule has 0 radical (unpaired) electrons. The number of halogens is 4. The first-order valence-corrected chi connectivity index (χ1v) is 16.1. The summed E-state index contributed by atoms with van der Waals surface area (Å²) in [5, 5.41) is 15.6. The Kier molecular flexibility index (Phi) is 14.2. The molecule has 0 aliphatic carbocycles. The number of rotatable bonds is 15. The fourth-order valence-corrected chi connectivity index (χ4v) is 7.02. The van der Waals surface area contributed by atoms with Gasteiger partial charge in [0.05, 0.1) is 43.8 Å². The highest BCUT2D eigenvalue weighted by Crippen LogP contribution is 2.36. The lowest BCUT2D eigenvalue weighted by Crippen LogP contribution is -3.07. The summed E-state index contributed by atoms with van der Waals surface area (Å²) in [7, 11) is 0. The predicted molar refractivity (Wildman–Crippen MR) is 172 cm³/mol. The highest BCUT2D eigenvalue weighted by Gasteiger charge is 2.17. The number of hydrogen-bond acceptors (Lipinski definition) is 6. The first kappa shape index (κ1) is 32.8. The molecule has 40 heavy (non-hydrogen) atoms. The lowest BCUT2D eigenvalue weighted by Gasteiger charge is -2.16. The van der Waals surface area contributed by atoms with Crippen LogP contribution in [0.1, 0.15) is 24.0 Å². The Morgan fingerprint density at radius 1 is 0.950 bits per heavy atom. The van der Waals surface area contributed by atoms with Gasteiger partial charge >= 0.3 is 0 Å². The average Bonchev–Trinajstić information content (AvgIpc) is 2.93. The summed E-state index contributed by atoms with van der Waals surface area (Å²) in [6.45, 7) is 4.04. The van der Waals surface area contributed by atoms with Crippen LogP contribution in [0, 0.1) is 0 Å². The molecule has 12 heteroatoms. The number of oxime groups is 1. The number of carbonyl (C=O) groups excluding carboxylic acids is 1. The smallest absolute Gasteiger partial charge is 0.269 e. The number of nitrogens with two attached hydrogens (primary N) is 1. The van der Waals surface area contributed by atoms with E-state index in [-0.39, 0.29) is 12.1 Å². The number of carbonyl (C=O) groups is 1. The minimum absolute atomic E-state index is 0.0186. The van der Waals surface area contributed by atoms with E-state index in [4.69, 9.17) is 15.2 Å². The Morgan fingerprint density at radius 3 is 2.10 bits per heavy atom. The number of ether oxygens (including phenoxy) is 2. The van der Waals surface area contributed by atoms with Gasteiger partial charge in [-0.1, -0.05) is 11.2 Å². The number of quaternary nitrogens is 1. The summed E-state index contributed by atoms with van der Waals surface area (Å²) in [6.07, 6.45) is 10.9. The number of nitrogens with zero attached hydrogens (tertiary/aromatic N) is 1. The quantitative estimate of drug-likeness (QED) is 0.0884. The normalized spacial score (nSPS) is 14.8. The zero-order valence-electron chi connectivity index (χ0n) is 21.9. The lowest BCUT2D eigenvalue weighted by molar-refractivity contribution is -0.841. The van der Waals surface area contributed by atoms with Crippen LogP contribution in [0.3, 0.4) is 0 Å². The second-order valence-corrected chi connectivity index (χ2v) is 12.5. The molecule has 8 nitrogen and oxygen atoms in total. The van der Waals surface area contributed by atoms with Gasteiger partial charge in [0, 0.05) is 19.4 Å². The summed E-state index contributed by atoms with van der Waals surface area (Å²) >= 11 is 14.2. The molecule has 1 heterocycles. The van der Waals surface area contributed by atoms with E-state index in [0.29, 0.717) is 38.5 Å². The lowest BCUT2D eigenvalue weighted by atomic mass is 10.1. The van der Waals surface area contributed by atoms with Crippen molar-refractivity contribution in [1.82, 2.24) is 5.32 Å².